The predicted octanol–water partition coefficient (Wildman–Crippen LogP) is 2.59. The molecule has 0 saturated carbocycles. The number of benzene rings is 1. The third kappa shape index (κ3) is 6.56. The molecule has 2 N–H and O–H groups in total. The Morgan fingerprint density at radius 1 is 1.17 bits per heavy atom. The van der Waals surface area contributed by atoms with E-state index in [0.29, 0.717) is 18.0 Å². The number of guanidine groups is 1. The van der Waals surface area contributed by atoms with E-state index >= 15 is 0 Å². The molecule has 1 aliphatic heterocycles. The lowest BCUT2D eigenvalue weighted by molar-refractivity contribution is 0.0958. The SMILES string of the molecule is CCNC(=NCCNC(=O)c1scnc1C)N1CCN(c2ccccc2)CC1.I. The number of rotatable bonds is 6. The molecule has 0 spiro atoms. The topological polar surface area (TPSA) is 72.9 Å². The first kappa shape index (κ1) is 23.4. The van der Waals surface area contributed by atoms with Gasteiger partial charge in [0.25, 0.3) is 5.91 Å². The van der Waals surface area contributed by atoms with Gasteiger partial charge in [0.2, 0.25) is 0 Å². The van der Waals surface area contributed by atoms with Crippen molar-refractivity contribution in [2.75, 3.05) is 50.7 Å². The molecule has 1 aliphatic rings. The van der Waals surface area contributed by atoms with Crippen LogP contribution >= 0.6 is 35.3 Å². The summed E-state index contributed by atoms with van der Waals surface area (Å²) in [5, 5.41) is 6.29. The lowest BCUT2D eigenvalue weighted by Crippen LogP contribution is -2.52. The highest BCUT2D eigenvalue weighted by Crippen LogP contribution is 2.15. The van der Waals surface area contributed by atoms with Crippen LogP contribution in [0.2, 0.25) is 0 Å². The Balaban J connectivity index is 0.00000300. The van der Waals surface area contributed by atoms with Gasteiger partial charge < -0.3 is 20.4 Å². The number of nitrogens with one attached hydrogen (secondary N) is 2. The Morgan fingerprint density at radius 3 is 2.52 bits per heavy atom. The Kier molecular flexibility index (Phi) is 9.65. The average molecular weight is 528 g/mol. The van der Waals surface area contributed by atoms with Crippen LogP contribution in [0.1, 0.15) is 22.3 Å². The minimum atomic E-state index is -0.0725. The first-order chi connectivity index (χ1) is 13.7. The van der Waals surface area contributed by atoms with E-state index < -0.39 is 0 Å². The quantitative estimate of drug-likeness (QED) is 0.261. The van der Waals surface area contributed by atoms with E-state index in [1.54, 1.807) is 5.51 Å². The molecule has 29 heavy (non-hydrogen) atoms. The lowest BCUT2D eigenvalue weighted by Gasteiger charge is -2.37. The van der Waals surface area contributed by atoms with E-state index in [1.165, 1.54) is 17.0 Å². The van der Waals surface area contributed by atoms with Gasteiger partial charge >= 0.3 is 0 Å². The number of para-hydroxylation sites is 1. The minimum Gasteiger partial charge on any atom is -0.368 e. The van der Waals surface area contributed by atoms with Crippen molar-refractivity contribution in [3.8, 4) is 0 Å². The largest absolute Gasteiger partial charge is 0.368 e. The maximum Gasteiger partial charge on any atom is 0.263 e. The van der Waals surface area contributed by atoms with Crippen LogP contribution in [0, 0.1) is 6.92 Å². The molecule has 3 rings (SSSR count). The smallest absolute Gasteiger partial charge is 0.263 e. The van der Waals surface area contributed by atoms with Crippen LogP contribution in [0.15, 0.2) is 40.8 Å². The fourth-order valence-electron chi connectivity index (χ4n) is 3.17. The minimum absolute atomic E-state index is 0. The van der Waals surface area contributed by atoms with Gasteiger partial charge in [-0.3, -0.25) is 9.79 Å². The van der Waals surface area contributed by atoms with Crippen molar-refractivity contribution in [1.29, 1.82) is 0 Å². The van der Waals surface area contributed by atoms with E-state index in [0.717, 1.165) is 44.4 Å². The second kappa shape index (κ2) is 12.0. The number of aryl methyl sites for hydroxylation is 1. The number of hydrogen-bond donors (Lipinski definition) is 2. The summed E-state index contributed by atoms with van der Waals surface area (Å²) in [6, 6.07) is 10.5. The van der Waals surface area contributed by atoms with Gasteiger partial charge in [0.1, 0.15) is 4.88 Å². The van der Waals surface area contributed by atoms with Crippen molar-refractivity contribution >= 4 is 52.9 Å². The maximum absolute atomic E-state index is 12.1. The van der Waals surface area contributed by atoms with Gasteiger partial charge in [0, 0.05) is 45.0 Å². The van der Waals surface area contributed by atoms with Crippen LogP contribution in [-0.2, 0) is 0 Å². The number of aliphatic imine (C=N–C) groups is 1. The Labute approximate surface area is 193 Å². The Hall–Kier alpha value is -1.88. The number of carbonyl (C=O) groups excluding carboxylic acids is 1. The van der Waals surface area contributed by atoms with Crippen LogP contribution in [0.4, 0.5) is 5.69 Å². The maximum atomic E-state index is 12.1. The van der Waals surface area contributed by atoms with Crippen LogP contribution < -0.4 is 15.5 Å². The highest BCUT2D eigenvalue weighted by atomic mass is 127. The number of amides is 1. The molecule has 2 aromatic rings. The third-order valence-corrected chi connectivity index (χ3v) is 5.57. The zero-order valence-corrected chi connectivity index (χ0v) is 20.1. The number of anilines is 1. The first-order valence-electron chi connectivity index (χ1n) is 9.70. The van der Waals surface area contributed by atoms with Crippen molar-refractivity contribution < 1.29 is 4.79 Å². The van der Waals surface area contributed by atoms with Crippen molar-refractivity contribution in [2.45, 2.75) is 13.8 Å². The summed E-state index contributed by atoms with van der Waals surface area (Å²) in [4.78, 5) is 26.3. The highest BCUT2D eigenvalue weighted by Gasteiger charge is 2.19. The highest BCUT2D eigenvalue weighted by molar-refractivity contribution is 14.0. The molecule has 0 aliphatic carbocycles. The van der Waals surface area contributed by atoms with Gasteiger partial charge in [0.15, 0.2) is 5.96 Å². The van der Waals surface area contributed by atoms with E-state index in [1.807, 2.05) is 13.0 Å². The van der Waals surface area contributed by atoms with Crippen molar-refractivity contribution in [1.82, 2.24) is 20.5 Å². The van der Waals surface area contributed by atoms with Gasteiger partial charge in [-0.05, 0) is 26.0 Å². The van der Waals surface area contributed by atoms with E-state index in [9.17, 15) is 4.79 Å². The molecule has 0 atom stereocenters. The predicted molar refractivity (Wildman–Crippen MR) is 131 cm³/mol. The molecule has 1 saturated heterocycles. The summed E-state index contributed by atoms with van der Waals surface area (Å²) in [7, 11) is 0. The summed E-state index contributed by atoms with van der Waals surface area (Å²) in [5.74, 6) is 0.843. The number of aromatic nitrogens is 1. The number of halogens is 1. The molecule has 0 bridgehead atoms. The normalized spacial score (nSPS) is 14.3. The van der Waals surface area contributed by atoms with Gasteiger partial charge in [-0.2, -0.15) is 0 Å². The molecule has 1 amide bonds. The lowest BCUT2D eigenvalue weighted by atomic mass is 10.2. The van der Waals surface area contributed by atoms with Crippen molar-refractivity contribution in [3.63, 3.8) is 0 Å². The molecular formula is C20H29IN6OS. The molecular weight excluding hydrogens is 499 g/mol. The summed E-state index contributed by atoms with van der Waals surface area (Å²) in [6.45, 7) is 9.59. The van der Waals surface area contributed by atoms with Gasteiger partial charge in [-0.25, -0.2) is 4.98 Å². The van der Waals surface area contributed by atoms with Gasteiger partial charge in [0.05, 0.1) is 17.7 Å². The average Bonchev–Trinajstić information content (AvgIpc) is 3.17. The van der Waals surface area contributed by atoms with Gasteiger partial charge in [-0.1, -0.05) is 18.2 Å². The first-order valence-corrected chi connectivity index (χ1v) is 10.6. The zero-order valence-electron chi connectivity index (χ0n) is 16.9. The number of carbonyl (C=O) groups is 1. The van der Waals surface area contributed by atoms with Gasteiger partial charge in [-0.15, -0.1) is 35.3 Å². The molecule has 0 radical (unpaired) electrons. The van der Waals surface area contributed by atoms with E-state index in [-0.39, 0.29) is 29.9 Å². The van der Waals surface area contributed by atoms with Crippen LogP contribution in [0.25, 0.3) is 0 Å². The number of piperazine rings is 1. The zero-order chi connectivity index (χ0) is 19.8. The molecule has 7 nitrogen and oxygen atoms in total. The summed E-state index contributed by atoms with van der Waals surface area (Å²) in [5.41, 5.74) is 3.74. The molecule has 1 fully saturated rings. The third-order valence-electron chi connectivity index (χ3n) is 4.65. The monoisotopic (exact) mass is 528 g/mol. The van der Waals surface area contributed by atoms with Crippen LogP contribution in [0.5, 0.6) is 0 Å². The number of hydrogen-bond acceptors (Lipinski definition) is 5. The second-order valence-corrected chi connectivity index (χ2v) is 7.42. The van der Waals surface area contributed by atoms with E-state index in [2.05, 4.69) is 56.6 Å². The Bertz CT molecular complexity index is 789. The summed E-state index contributed by atoms with van der Waals surface area (Å²) in [6.07, 6.45) is 0. The molecule has 2 heterocycles. The molecule has 9 heteroatoms. The fourth-order valence-corrected chi connectivity index (χ4v) is 3.89. The second-order valence-electron chi connectivity index (χ2n) is 6.57. The molecule has 1 aromatic heterocycles. The number of thiazole rings is 1. The Morgan fingerprint density at radius 2 is 1.90 bits per heavy atom. The fraction of sp³-hybridized carbons (Fsp3) is 0.450. The summed E-state index contributed by atoms with van der Waals surface area (Å²) < 4.78 is 0. The standard InChI is InChI=1S/C20H28N6OS.HI/c1-3-21-20(23-10-9-22-19(27)18-16(2)24-15-28-18)26-13-11-25(12-14-26)17-7-5-4-6-8-17;/h4-8,15H,3,9-14H2,1-2H3,(H,21,23)(H,22,27);1H. The van der Waals surface area contributed by atoms with Crippen molar-refractivity contribution in [2.24, 2.45) is 4.99 Å². The van der Waals surface area contributed by atoms with Crippen LogP contribution in [0.3, 0.4) is 0 Å². The molecule has 0 unspecified atom stereocenters. The number of nitrogens with zero attached hydrogens (tertiary/aromatic N) is 4. The van der Waals surface area contributed by atoms with E-state index in [4.69, 9.17) is 4.99 Å². The molecule has 158 valence electrons. The summed E-state index contributed by atoms with van der Waals surface area (Å²) >= 11 is 1.37. The van der Waals surface area contributed by atoms with Crippen molar-refractivity contribution in [3.05, 3.63) is 46.4 Å². The van der Waals surface area contributed by atoms with Crippen LogP contribution in [-0.4, -0.2) is 67.6 Å². The molecule has 1 aromatic carbocycles.